The molecule has 2 aromatic heterocycles. The van der Waals surface area contributed by atoms with Crippen LogP contribution in [-0.4, -0.2) is 63.5 Å². The van der Waals surface area contributed by atoms with Gasteiger partial charge in [-0.1, -0.05) is 82.3 Å². The molecule has 0 bridgehead atoms. The number of rotatable bonds is 17. The van der Waals surface area contributed by atoms with E-state index in [4.69, 9.17) is 4.74 Å². The Bertz CT molecular complexity index is 1650. The topological polar surface area (TPSA) is 122 Å². The first-order valence-corrected chi connectivity index (χ1v) is 17.7. The highest BCUT2D eigenvalue weighted by molar-refractivity contribution is 7.14. The van der Waals surface area contributed by atoms with E-state index in [2.05, 4.69) is 29.1 Å². The summed E-state index contributed by atoms with van der Waals surface area (Å²) < 4.78 is 5.89. The summed E-state index contributed by atoms with van der Waals surface area (Å²) in [6.45, 7) is 5.32. The van der Waals surface area contributed by atoms with Crippen molar-refractivity contribution in [3.63, 3.8) is 0 Å². The van der Waals surface area contributed by atoms with Gasteiger partial charge in [0.05, 0.1) is 17.4 Å². The number of likely N-dealkylation sites (tertiary alicyclic amines) is 1. The average molecular weight is 669 g/mol. The number of amides is 2. The second-order valence-electron chi connectivity index (χ2n) is 12.3. The van der Waals surface area contributed by atoms with E-state index in [1.807, 2.05) is 54.6 Å². The van der Waals surface area contributed by atoms with Crippen LogP contribution in [0.5, 0.6) is 5.75 Å². The lowest BCUT2D eigenvalue weighted by molar-refractivity contribution is -0.153. The maximum atomic E-state index is 13.4. The molecule has 252 valence electrons. The lowest BCUT2D eigenvalue weighted by atomic mass is 9.97. The van der Waals surface area contributed by atoms with Crippen LogP contribution < -0.4 is 10.1 Å². The molecule has 1 aliphatic rings. The number of hydrogen-bond donors (Lipinski definition) is 2. The summed E-state index contributed by atoms with van der Waals surface area (Å²) in [7, 11) is 0. The maximum absolute atomic E-state index is 13.4. The van der Waals surface area contributed by atoms with Crippen LogP contribution in [0.3, 0.4) is 0 Å². The standard InChI is InChI=1S/C38H44N4O5S/c1-3-5-6-7-8-20-47-31-16-14-27(15-17-31)29-22-39-35(40-23-29)28-12-10-26(11-13-28)21-33(37(44)42-24-30(25-42)38(45)46)41-36(43)34-19-18-32(48-34)9-4-2/h10-19,22-23,30,33H,3-9,20-21,24-25H2,1-2H3,(H,41,43)(H,45,46)/t33-/m0/s1. The Morgan fingerprint density at radius 2 is 1.56 bits per heavy atom. The summed E-state index contributed by atoms with van der Waals surface area (Å²) in [6, 6.07) is 18.5. The van der Waals surface area contributed by atoms with Crippen molar-refractivity contribution in [2.45, 2.75) is 71.3 Å². The number of aliphatic carboxylic acids is 1. The van der Waals surface area contributed by atoms with Gasteiger partial charge in [-0.15, -0.1) is 11.3 Å². The lowest BCUT2D eigenvalue weighted by Gasteiger charge is -2.38. The molecule has 9 nitrogen and oxygen atoms in total. The number of benzene rings is 2. The lowest BCUT2D eigenvalue weighted by Crippen LogP contribution is -2.59. The summed E-state index contributed by atoms with van der Waals surface area (Å²) in [5, 5.41) is 12.2. The van der Waals surface area contributed by atoms with Gasteiger partial charge in [-0.2, -0.15) is 0 Å². The molecule has 2 aromatic carbocycles. The molecule has 2 amide bonds. The van der Waals surface area contributed by atoms with Crippen LogP contribution in [0.2, 0.25) is 0 Å². The number of ether oxygens (including phenoxy) is 1. The third-order valence-electron chi connectivity index (χ3n) is 8.54. The van der Waals surface area contributed by atoms with Gasteiger partial charge in [0.25, 0.3) is 5.91 Å². The molecule has 2 N–H and O–H groups in total. The molecule has 48 heavy (non-hydrogen) atoms. The van der Waals surface area contributed by atoms with E-state index in [0.29, 0.717) is 10.7 Å². The fraction of sp³-hybridized carbons (Fsp3) is 0.395. The van der Waals surface area contributed by atoms with Crippen LogP contribution in [-0.2, 0) is 22.4 Å². The van der Waals surface area contributed by atoms with Crippen molar-refractivity contribution < 1.29 is 24.2 Å². The predicted molar refractivity (Wildman–Crippen MR) is 188 cm³/mol. The van der Waals surface area contributed by atoms with E-state index in [0.717, 1.165) is 58.7 Å². The second kappa shape index (κ2) is 17.0. The van der Waals surface area contributed by atoms with Crippen LogP contribution in [0.1, 0.15) is 72.5 Å². The van der Waals surface area contributed by atoms with Crippen molar-refractivity contribution in [1.29, 1.82) is 0 Å². The molecule has 0 aliphatic carbocycles. The summed E-state index contributed by atoms with van der Waals surface area (Å²) in [6.07, 6.45) is 11.8. The predicted octanol–water partition coefficient (Wildman–Crippen LogP) is 7.06. The molecule has 0 radical (unpaired) electrons. The number of aryl methyl sites for hydroxylation is 1. The van der Waals surface area contributed by atoms with E-state index in [9.17, 15) is 19.5 Å². The first-order valence-electron chi connectivity index (χ1n) is 16.9. The summed E-state index contributed by atoms with van der Waals surface area (Å²) >= 11 is 1.43. The Labute approximate surface area is 286 Å². The molecule has 5 rings (SSSR count). The fourth-order valence-electron chi connectivity index (χ4n) is 5.64. The Morgan fingerprint density at radius 3 is 2.23 bits per heavy atom. The van der Waals surface area contributed by atoms with E-state index >= 15 is 0 Å². The van der Waals surface area contributed by atoms with Crippen LogP contribution in [0.15, 0.2) is 73.1 Å². The van der Waals surface area contributed by atoms with Crippen LogP contribution in [0.25, 0.3) is 22.5 Å². The number of unbranched alkanes of at least 4 members (excludes halogenated alkanes) is 4. The van der Waals surface area contributed by atoms with E-state index < -0.39 is 17.9 Å². The molecule has 10 heteroatoms. The molecular formula is C38H44N4O5S. The normalized spacial score (nSPS) is 13.5. The Morgan fingerprint density at radius 1 is 0.875 bits per heavy atom. The zero-order valence-corrected chi connectivity index (χ0v) is 28.5. The molecule has 3 heterocycles. The van der Waals surface area contributed by atoms with Gasteiger partial charge in [0.15, 0.2) is 5.82 Å². The van der Waals surface area contributed by atoms with Crippen molar-refractivity contribution in [2.24, 2.45) is 5.92 Å². The van der Waals surface area contributed by atoms with Crippen molar-refractivity contribution in [1.82, 2.24) is 20.2 Å². The third-order valence-corrected chi connectivity index (χ3v) is 9.68. The SMILES string of the molecule is CCCCCCCOc1ccc(-c2cnc(-c3ccc(C[C@H](NC(=O)c4ccc(CCC)s4)C(=O)N4CC(C(=O)O)C4)cc3)nc2)cc1. The molecule has 0 saturated carbocycles. The highest BCUT2D eigenvalue weighted by Gasteiger charge is 2.39. The zero-order chi connectivity index (χ0) is 33.9. The highest BCUT2D eigenvalue weighted by Crippen LogP contribution is 2.25. The number of nitrogens with zero attached hydrogens (tertiary/aromatic N) is 3. The van der Waals surface area contributed by atoms with Gasteiger partial charge < -0.3 is 20.1 Å². The zero-order valence-electron chi connectivity index (χ0n) is 27.7. The molecule has 1 atom stereocenters. The van der Waals surface area contributed by atoms with Gasteiger partial charge in [0, 0.05) is 47.9 Å². The largest absolute Gasteiger partial charge is 0.494 e. The Kier molecular flexibility index (Phi) is 12.3. The monoisotopic (exact) mass is 668 g/mol. The second-order valence-corrected chi connectivity index (χ2v) is 13.5. The number of hydrogen-bond acceptors (Lipinski definition) is 7. The number of nitrogens with one attached hydrogen (secondary N) is 1. The van der Waals surface area contributed by atoms with Gasteiger partial charge in [-0.25, -0.2) is 9.97 Å². The number of thiophene rings is 1. The van der Waals surface area contributed by atoms with Gasteiger partial charge in [-0.3, -0.25) is 14.4 Å². The fourth-order valence-corrected chi connectivity index (χ4v) is 6.65. The van der Waals surface area contributed by atoms with Gasteiger partial charge in [-0.05, 0) is 48.2 Å². The van der Waals surface area contributed by atoms with Crippen molar-refractivity contribution >= 4 is 29.1 Å². The number of carbonyl (C=O) groups excluding carboxylic acids is 2. The van der Waals surface area contributed by atoms with Crippen LogP contribution in [0.4, 0.5) is 0 Å². The van der Waals surface area contributed by atoms with E-state index in [1.165, 1.54) is 41.9 Å². The molecule has 0 spiro atoms. The van der Waals surface area contributed by atoms with Crippen LogP contribution >= 0.6 is 11.3 Å². The van der Waals surface area contributed by atoms with E-state index in [-0.39, 0.29) is 31.3 Å². The van der Waals surface area contributed by atoms with Crippen molar-refractivity contribution in [2.75, 3.05) is 19.7 Å². The summed E-state index contributed by atoms with van der Waals surface area (Å²) in [5.41, 5.74) is 3.59. The highest BCUT2D eigenvalue weighted by atomic mass is 32.1. The number of carbonyl (C=O) groups is 3. The van der Waals surface area contributed by atoms with Crippen molar-refractivity contribution in [3.05, 3.63) is 88.4 Å². The quantitative estimate of drug-likeness (QED) is 0.116. The molecular weight excluding hydrogens is 625 g/mol. The minimum Gasteiger partial charge on any atom is -0.494 e. The number of carboxylic acids is 1. The summed E-state index contributed by atoms with van der Waals surface area (Å²) in [5.74, 6) is -0.642. The molecule has 0 unspecified atom stereocenters. The maximum Gasteiger partial charge on any atom is 0.310 e. The molecule has 1 fully saturated rings. The minimum atomic E-state index is -0.918. The van der Waals surface area contributed by atoms with Gasteiger partial charge in [0.2, 0.25) is 5.91 Å². The third kappa shape index (κ3) is 9.28. The van der Waals surface area contributed by atoms with Gasteiger partial charge in [0.1, 0.15) is 11.8 Å². The van der Waals surface area contributed by atoms with Crippen LogP contribution in [0, 0.1) is 5.92 Å². The number of aromatic nitrogens is 2. The smallest absolute Gasteiger partial charge is 0.310 e. The number of carboxylic acid groups (broad SMARTS) is 1. The first-order chi connectivity index (χ1) is 23.3. The van der Waals surface area contributed by atoms with Crippen molar-refractivity contribution in [3.8, 4) is 28.3 Å². The van der Waals surface area contributed by atoms with E-state index in [1.54, 1.807) is 18.5 Å². The average Bonchev–Trinajstić information content (AvgIpc) is 3.55. The Hall–Kier alpha value is -4.57. The minimum absolute atomic E-state index is 0.142. The first kappa shape index (κ1) is 34.8. The molecule has 1 aliphatic heterocycles. The Balaban J connectivity index is 1.20. The molecule has 1 saturated heterocycles. The summed E-state index contributed by atoms with van der Waals surface area (Å²) in [4.78, 5) is 50.3. The molecule has 4 aromatic rings. The van der Waals surface area contributed by atoms with Gasteiger partial charge >= 0.3 is 5.97 Å².